The number of carbonyl (C=O) groups is 1. The molecule has 110 valence electrons. The Balaban J connectivity index is 1.62. The van der Waals surface area contributed by atoms with Crippen LogP contribution in [0.2, 0.25) is 0 Å². The van der Waals surface area contributed by atoms with Gasteiger partial charge in [-0.1, -0.05) is 35.5 Å². The molecule has 3 rings (SSSR count). The number of rotatable bonds is 5. The van der Waals surface area contributed by atoms with Crippen molar-refractivity contribution in [1.29, 1.82) is 0 Å². The molecule has 1 fully saturated rings. The number of nitrogens with zero attached hydrogens (tertiary/aromatic N) is 1. The Morgan fingerprint density at radius 1 is 1.43 bits per heavy atom. The average Bonchev–Trinajstić information content (AvgIpc) is 3.23. The lowest BCUT2D eigenvalue weighted by Crippen LogP contribution is -2.38. The summed E-state index contributed by atoms with van der Waals surface area (Å²) in [6, 6.07) is 10.9. The molecular weight excluding hydrogens is 268 g/mol. The van der Waals surface area contributed by atoms with E-state index in [1.165, 1.54) is 0 Å². The quantitative estimate of drug-likeness (QED) is 0.883. The third-order valence-corrected chi connectivity index (χ3v) is 3.73. The maximum atomic E-state index is 12.0. The number of hydrogen-bond acceptors (Lipinski definition) is 4. The number of benzene rings is 1. The molecule has 1 aliphatic carbocycles. The second-order valence-corrected chi connectivity index (χ2v) is 5.71. The van der Waals surface area contributed by atoms with Crippen LogP contribution < -0.4 is 5.32 Å². The van der Waals surface area contributed by atoms with Crippen molar-refractivity contribution < 1.29 is 14.4 Å². The summed E-state index contributed by atoms with van der Waals surface area (Å²) < 4.78 is 5.15. The molecule has 2 aromatic rings. The fraction of sp³-hybridized carbons (Fsp3) is 0.375. The van der Waals surface area contributed by atoms with Crippen LogP contribution in [0, 0.1) is 0 Å². The zero-order valence-corrected chi connectivity index (χ0v) is 11.9. The summed E-state index contributed by atoms with van der Waals surface area (Å²) in [4.78, 5) is 12.0. The maximum Gasteiger partial charge on any atom is 0.273 e. The Morgan fingerprint density at radius 2 is 2.14 bits per heavy atom. The number of aromatic nitrogens is 1. The molecule has 0 spiro atoms. The molecule has 1 atom stereocenters. The minimum Gasteiger partial charge on any atom is -0.384 e. The number of hydrogen-bond donors (Lipinski definition) is 2. The molecule has 0 saturated heterocycles. The largest absolute Gasteiger partial charge is 0.384 e. The first-order valence-electron chi connectivity index (χ1n) is 7.09. The van der Waals surface area contributed by atoms with Gasteiger partial charge in [0.15, 0.2) is 5.69 Å². The van der Waals surface area contributed by atoms with Crippen molar-refractivity contribution in [2.24, 2.45) is 0 Å². The second-order valence-electron chi connectivity index (χ2n) is 5.71. The van der Waals surface area contributed by atoms with Crippen LogP contribution in [0.5, 0.6) is 0 Å². The third kappa shape index (κ3) is 3.13. The molecule has 2 N–H and O–H groups in total. The van der Waals surface area contributed by atoms with Gasteiger partial charge in [0.1, 0.15) is 11.4 Å². The number of amides is 1. The molecule has 0 unspecified atom stereocenters. The first-order chi connectivity index (χ1) is 10.1. The zero-order chi connectivity index (χ0) is 14.9. The molecule has 1 amide bonds. The predicted molar refractivity (Wildman–Crippen MR) is 76.8 cm³/mol. The van der Waals surface area contributed by atoms with Gasteiger partial charge in [0.2, 0.25) is 0 Å². The van der Waals surface area contributed by atoms with Crippen molar-refractivity contribution in [2.45, 2.75) is 31.3 Å². The summed E-state index contributed by atoms with van der Waals surface area (Å²) in [5, 5.41) is 16.9. The second kappa shape index (κ2) is 5.33. The van der Waals surface area contributed by atoms with Gasteiger partial charge in [0, 0.05) is 12.0 Å². The maximum absolute atomic E-state index is 12.0. The molecule has 21 heavy (non-hydrogen) atoms. The highest BCUT2D eigenvalue weighted by Crippen LogP contribution is 2.40. The average molecular weight is 286 g/mol. The van der Waals surface area contributed by atoms with Gasteiger partial charge in [0.25, 0.3) is 5.91 Å². The normalized spacial score (nSPS) is 17.2. The molecule has 0 bridgehead atoms. The highest BCUT2D eigenvalue weighted by molar-refractivity contribution is 5.92. The van der Waals surface area contributed by atoms with E-state index in [-0.39, 0.29) is 18.1 Å². The first-order valence-corrected chi connectivity index (χ1v) is 7.09. The summed E-state index contributed by atoms with van der Waals surface area (Å²) in [6.45, 7) is 1.78. The molecule has 0 aliphatic heterocycles. The van der Waals surface area contributed by atoms with E-state index in [2.05, 4.69) is 10.5 Å². The monoisotopic (exact) mass is 286 g/mol. The van der Waals surface area contributed by atoms with E-state index in [4.69, 9.17) is 4.52 Å². The number of aliphatic hydroxyl groups is 1. The summed E-state index contributed by atoms with van der Waals surface area (Å²) in [7, 11) is 0. The topological polar surface area (TPSA) is 75.4 Å². The van der Waals surface area contributed by atoms with Gasteiger partial charge in [-0.2, -0.15) is 0 Å². The van der Waals surface area contributed by atoms with Gasteiger partial charge in [-0.3, -0.25) is 4.79 Å². The molecule has 0 radical (unpaired) electrons. The van der Waals surface area contributed by atoms with Crippen molar-refractivity contribution in [3.63, 3.8) is 0 Å². The number of carbonyl (C=O) groups excluding carboxylic acids is 1. The fourth-order valence-corrected chi connectivity index (χ4v) is 2.20. The molecule has 1 aliphatic rings. The third-order valence-electron chi connectivity index (χ3n) is 3.73. The van der Waals surface area contributed by atoms with Crippen molar-refractivity contribution in [3.05, 3.63) is 53.4 Å². The van der Waals surface area contributed by atoms with E-state index in [1.807, 2.05) is 30.3 Å². The Morgan fingerprint density at radius 3 is 2.81 bits per heavy atom. The SMILES string of the molecule is C[C@](O)(CNC(=O)c1cc(C2CC2)on1)c1ccccc1. The predicted octanol–water partition coefficient (Wildman–Crippen LogP) is 2.19. The lowest BCUT2D eigenvalue weighted by atomic mass is 9.96. The van der Waals surface area contributed by atoms with Gasteiger partial charge in [-0.25, -0.2) is 0 Å². The lowest BCUT2D eigenvalue weighted by molar-refractivity contribution is 0.0524. The summed E-state index contributed by atoms with van der Waals surface area (Å²) in [6.07, 6.45) is 2.19. The minimum absolute atomic E-state index is 0.113. The Kier molecular flexibility index (Phi) is 3.51. The Bertz CT molecular complexity index is 630. The van der Waals surface area contributed by atoms with Crippen LogP contribution in [0.3, 0.4) is 0 Å². The highest BCUT2D eigenvalue weighted by Gasteiger charge is 2.29. The van der Waals surface area contributed by atoms with Crippen LogP contribution in [-0.2, 0) is 5.60 Å². The number of nitrogens with one attached hydrogen (secondary N) is 1. The van der Waals surface area contributed by atoms with Gasteiger partial charge >= 0.3 is 0 Å². The van der Waals surface area contributed by atoms with E-state index in [9.17, 15) is 9.90 Å². The van der Waals surface area contributed by atoms with Crippen LogP contribution in [0.25, 0.3) is 0 Å². The van der Waals surface area contributed by atoms with Crippen LogP contribution in [0.4, 0.5) is 0 Å². The highest BCUT2D eigenvalue weighted by atomic mass is 16.5. The van der Waals surface area contributed by atoms with Gasteiger partial charge in [0.05, 0.1) is 6.54 Å². The minimum atomic E-state index is -1.13. The van der Waals surface area contributed by atoms with E-state index in [0.29, 0.717) is 5.92 Å². The Hall–Kier alpha value is -2.14. The van der Waals surface area contributed by atoms with Crippen molar-refractivity contribution in [3.8, 4) is 0 Å². The molecule has 1 heterocycles. The lowest BCUT2D eigenvalue weighted by Gasteiger charge is -2.23. The van der Waals surface area contributed by atoms with Crippen LogP contribution in [0.15, 0.2) is 40.9 Å². The van der Waals surface area contributed by atoms with Crippen molar-refractivity contribution >= 4 is 5.91 Å². The van der Waals surface area contributed by atoms with Crippen LogP contribution in [-0.4, -0.2) is 22.7 Å². The summed E-state index contributed by atoms with van der Waals surface area (Å²) in [5.41, 5.74) is -0.107. The van der Waals surface area contributed by atoms with Crippen molar-refractivity contribution in [1.82, 2.24) is 10.5 Å². The van der Waals surface area contributed by atoms with E-state index in [0.717, 1.165) is 24.2 Å². The molecule has 5 heteroatoms. The van der Waals surface area contributed by atoms with E-state index >= 15 is 0 Å². The fourth-order valence-electron chi connectivity index (χ4n) is 2.20. The molecular formula is C16H18N2O3. The zero-order valence-electron chi connectivity index (χ0n) is 11.9. The molecule has 1 aromatic heterocycles. The first kappa shape index (κ1) is 13.8. The van der Waals surface area contributed by atoms with Gasteiger partial charge < -0.3 is 14.9 Å². The summed E-state index contributed by atoms with van der Waals surface area (Å²) in [5.74, 6) is 0.864. The van der Waals surface area contributed by atoms with Crippen LogP contribution >= 0.6 is 0 Å². The molecule has 5 nitrogen and oxygen atoms in total. The molecule has 1 saturated carbocycles. The smallest absolute Gasteiger partial charge is 0.273 e. The van der Waals surface area contributed by atoms with E-state index < -0.39 is 5.60 Å². The van der Waals surface area contributed by atoms with Gasteiger partial charge in [-0.05, 0) is 25.3 Å². The van der Waals surface area contributed by atoms with Crippen molar-refractivity contribution in [2.75, 3.05) is 6.54 Å². The van der Waals surface area contributed by atoms with Crippen LogP contribution in [0.1, 0.15) is 47.5 Å². The Labute approximate surface area is 123 Å². The van der Waals surface area contributed by atoms with E-state index in [1.54, 1.807) is 13.0 Å². The summed E-state index contributed by atoms with van der Waals surface area (Å²) >= 11 is 0. The molecule has 1 aromatic carbocycles. The standard InChI is InChI=1S/C16H18N2O3/c1-16(20,12-5-3-2-4-6-12)10-17-15(19)13-9-14(21-18-13)11-7-8-11/h2-6,9,11,20H,7-8,10H2,1H3,(H,17,19)/t16-/m0/s1. The van der Waals surface area contributed by atoms with Gasteiger partial charge in [-0.15, -0.1) is 0 Å².